The first-order valence-corrected chi connectivity index (χ1v) is 19.5. The number of carbonyl (C=O) groups is 7. The van der Waals surface area contributed by atoms with E-state index < -0.39 is 70.4 Å². The molecule has 2 rings (SSSR count). The number of amides is 6. The molecule has 0 saturated carbocycles. The molecule has 6 N–H and O–H groups in total. The van der Waals surface area contributed by atoms with Crippen LogP contribution in [-0.2, 0) is 38.2 Å². The van der Waals surface area contributed by atoms with Crippen molar-refractivity contribution in [3.05, 3.63) is 83.2 Å². The minimum absolute atomic E-state index is 0.0109. The molecule has 0 fully saturated rings. The SMILES string of the molecule is COC(=O)[C@H](CC(C)C)NC(=O)/C(=C\c1ccccc1)NC(=O)C(C)(C)NC(=O)/C(=C\c1ccccc1)NC(=O)C(C)(C)NC(=O)[C@H](CC(C)C)NC(=O)OC(C)(C)C. The first-order valence-electron chi connectivity index (χ1n) is 19.5. The van der Waals surface area contributed by atoms with Crippen molar-refractivity contribution in [3.8, 4) is 0 Å². The Bertz CT molecular complexity index is 1860. The van der Waals surface area contributed by atoms with Gasteiger partial charge in [0.25, 0.3) is 11.8 Å². The highest BCUT2D eigenvalue weighted by Gasteiger charge is 2.37. The fourth-order valence-electron chi connectivity index (χ4n) is 5.38. The summed E-state index contributed by atoms with van der Waals surface area (Å²) in [6, 6.07) is 15.3. The van der Waals surface area contributed by atoms with Gasteiger partial charge in [0.1, 0.15) is 40.2 Å². The minimum Gasteiger partial charge on any atom is -0.467 e. The highest BCUT2D eigenvalue weighted by atomic mass is 16.6. The Hall–Kier alpha value is -5.99. The van der Waals surface area contributed by atoms with E-state index in [0.29, 0.717) is 11.1 Å². The maximum atomic E-state index is 14.0. The molecule has 0 unspecified atom stereocenters. The molecule has 2 aromatic rings. The van der Waals surface area contributed by atoms with Crippen LogP contribution >= 0.6 is 0 Å². The maximum absolute atomic E-state index is 14.0. The molecule has 15 nitrogen and oxygen atoms in total. The van der Waals surface area contributed by atoms with E-state index in [-0.39, 0.29) is 36.1 Å². The zero-order chi connectivity index (χ0) is 44.7. The minimum atomic E-state index is -1.70. The van der Waals surface area contributed by atoms with Crippen LogP contribution < -0.4 is 31.9 Å². The normalized spacial score (nSPS) is 13.4. The summed E-state index contributed by atoms with van der Waals surface area (Å²) in [5.74, 6) is -4.50. The number of esters is 1. The fraction of sp³-hybridized carbons (Fsp3) is 0.477. The van der Waals surface area contributed by atoms with E-state index in [0.717, 1.165) is 0 Å². The Balaban J connectivity index is 2.40. The molecule has 322 valence electrons. The summed E-state index contributed by atoms with van der Waals surface area (Å²) in [5.41, 5.74) is -3.49. The molecule has 0 aliphatic rings. The summed E-state index contributed by atoms with van der Waals surface area (Å²) in [6.45, 7) is 18.3. The number of benzene rings is 2. The van der Waals surface area contributed by atoms with E-state index in [9.17, 15) is 33.6 Å². The van der Waals surface area contributed by atoms with Crippen molar-refractivity contribution in [1.82, 2.24) is 31.9 Å². The maximum Gasteiger partial charge on any atom is 0.408 e. The van der Waals surface area contributed by atoms with Gasteiger partial charge in [0, 0.05) is 0 Å². The van der Waals surface area contributed by atoms with E-state index in [1.165, 1.54) is 47.0 Å². The van der Waals surface area contributed by atoms with Crippen molar-refractivity contribution in [2.45, 2.75) is 118 Å². The third-order valence-corrected chi connectivity index (χ3v) is 8.42. The zero-order valence-electron chi connectivity index (χ0n) is 36.3. The standard InChI is InChI=1S/C44H62N6O9/c1-27(2)23-31(48-41(57)59-42(5,6)7)36(52)49-44(10,11)40(56)47-33(26-30-21-17-14-18-22-30)37(53)50-43(8,9)39(55)46-32(25-29-19-15-13-16-20-29)35(51)45-34(24-28(3)4)38(54)58-12/h13-22,25-28,31,34H,23-24H2,1-12H3,(H,45,51)(H,46,55)(H,47,56)(H,48,57)(H,49,52)(H,50,53)/b32-25+,33-26+/t31-,34-/m0/s1. The number of methoxy groups -OCH3 is 1. The third-order valence-electron chi connectivity index (χ3n) is 8.42. The third kappa shape index (κ3) is 17.2. The number of alkyl carbamates (subject to hydrolysis) is 1. The number of nitrogens with one attached hydrogen (secondary N) is 6. The number of carbonyl (C=O) groups excluding carboxylic acids is 7. The Labute approximate surface area is 347 Å². The van der Waals surface area contributed by atoms with Gasteiger partial charge in [-0.25, -0.2) is 9.59 Å². The molecule has 2 atom stereocenters. The molecule has 6 amide bonds. The van der Waals surface area contributed by atoms with Gasteiger partial charge in [0.15, 0.2) is 0 Å². The van der Waals surface area contributed by atoms with Crippen LogP contribution in [0.5, 0.6) is 0 Å². The molecule has 0 saturated heterocycles. The molecule has 0 bridgehead atoms. The van der Waals surface area contributed by atoms with Crippen LogP contribution in [0.4, 0.5) is 4.79 Å². The van der Waals surface area contributed by atoms with Gasteiger partial charge in [-0.05, 0) is 96.4 Å². The molecular weight excluding hydrogens is 757 g/mol. The summed E-state index contributed by atoms with van der Waals surface area (Å²) in [7, 11) is 1.21. The van der Waals surface area contributed by atoms with E-state index in [1.807, 2.05) is 27.7 Å². The highest BCUT2D eigenvalue weighted by Crippen LogP contribution is 2.16. The monoisotopic (exact) mass is 818 g/mol. The molecule has 2 aromatic carbocycles. The van der Waals surface area contributed by atoms with E-state index in [2.05, 4.69) is 31.9 Å². The number of rotatable bonds is 18. The molecule has 0 spiro atoms. The van der Waals surface area contributed by atoms with Crippen molar-refractivity contribution in [2.75, 3.05) is 7.11 Å². The lowest BCUT2D eigenvalue weighted by Crippen LogP contribution is -2.60. The van der Waals surface area contributed by atoms with Gasteiger partial charge < -0.3 is 41.4 Å². The van der Waals surface area contributed by atoms with E-state index >= 15 is 0 Å². The van der Waals surface area contributed by atoms with Gasteiger partial charge >= 0.3 is 12.1 Å². The summed E-state index contributed by atoms with van der Waals surface area (Å²) in [5, 5.41) is 15.7. The average molecular weight is 819 g/mol. The number of hydrogen-bond donors (Lipinski definition) is 6. The van der Waals surface area contributed by atoms with Crippen LogP contribution in [0.15, 0.2) is 72.1 Å². The van der Waals surface area contributed by atoms with Crippen molar-refractivity contribution in [1.29, 1.82) is 0 Å². The Kier molecular flexibility index (Phi) is 18.1. The largest absolute Gasteiger partial charge is 0.467 e. The summed E-state index contributed by atoms with van der Waals surface area (Å²) < 4.78 is 10.2. The molecule has 0 aliphatic carbocycles. The van der Waals surface area contributed by atoms with Crippen LogP contribution in [0.3, 0.4) is 0 Å². The quantitative estimate of drug-likeness (QED) is 0.0906. The topological polar surface area (TPSA) is 210 Å². The zero-order valence-corrected chi connectivity index (χ0v) is 36.3. The van der Waals surface area contributed by atoms with Crippen LogP contribution in [0.2, 0.25) is 0 Å². The molecule has 15 heteroatoms. The second kappa shape index (κ2) is 21.7. The van der Waals surface area contributed by atoms with Gasteiger partial charge in [-0.2, -0.15) is 0 Å². The molecule has 59 heavy (non-hydrogen) atoms. The fourth-order valence-corrected chi connectivity index (χ4v) is 5.38. The smallest absolute Gasteiger partial charge is 0.408 e. The lowest BCUT2D eigenvalue weighted by Gasteiger charge is -2.30. The van der Waals surface area contributed by atoms with Gasteiger partial charge in [0.2, 0.25) is 17.7 Å². The Morgan fingerprint density at radius 2 is 1.02 bits per heavy atom. The summed E-state index contributed by atoms with van der Waals surface area (Å²) in [6.07, 6.45) is 2.56. The number of ether oxygens (including phenoxy) is 2. The van der Waals surface area contributed by atoms with Crippen LogP contribution in [-0.4, -0.2) is 77.5 Å². The van der Waals surface area contributed by atoms with Gasteiger partial charge in [-0.1, -0.05) is 88.4 Å². The van der Waals surface area contributed by atoms with Gasteiger partial charge in [-0.15, -0.1) is 0 Å². The lowest BCUT2D eigenvalue weighted by molar-refractivity contribution is -0.145. The second-order valence-electron chi connectivity index (χ2n) is 17.0. The van der Waals surface area contributed by atoms with Crippen LogP contribution in [0, 0.1) is 11.8 Å². The molecule has 0 heterocycles. The summed E-state index contributed by atoms with van der Waals surface area (Å²) in [4.78, 5) is 94.1. The number of hydrogen-bond acceptors (Lipinski definition) is 9. The van der Waals surface area contributed by atoms with Crippen LogP contribution in [0.1, 0.15) is 100 Å². The van der Waals surface area contributed by atoms with Crippen LogP contribution in [0.25, 0.3) is 12.2 Å². The first-order chi connectivity index (χ1) is 27.3. The molecule has 0 aromatic heterocycles. The molecule has 0 aliphatic heterocycles. The lowest BCUT2D eigenvalue weighted by atomic mass is 9.99. The predicted octanol–water partition coefficient (Wildman–Crippen LogP) is 4.73. The first kappa shape index (κ1) is 49.2. The average Bonchev–Trinajstić information content (AvgIpc) is 3.12. The Morgan fingerprint density at radius 1 is 0.593 bits per heavy atom. The van der Waals surface area contributed by atoms with Crippen molar-refractivity contribution < 1.29 is 43.0 Å². The molecular formula is C44H62N6O9. The van der Waals surface area contributed by atoms with Gasteiger partial charge in [-0.3, -0.25) is 24.0 Å². The molecule has 0 radical (unpaired) electrons. The van der Waals surface area contributed by atoms with Gasteiger partial charge in [0.05, 0.1) is 7.11 Å². The van der Waals surface area contributed by atoms with E-state index in [1.54, 1.807) is 81.4 Å². The summed E-state index contributed by atoms with van der Waals surface area (Å²) >= 11 is 0. The van der Waals surface area contributed by atoms with E-state index in [4.69, 9.17) is 9.47 Å². The van der Waals surface area contributed by atoms with Crippen molar-refractivity contribution in [3.63, 3.8) is 0 Å². The highest BCUT2D eigenvalue weighted by molar-refractivity contribution is 6.08. The predicted molar refractivity (Wildman–Crippen MR) is 226 cm³/mol. The van der Waals surface area contributed by atoms with Crippen molar-refractivity contribution in [2.24, 2.45) is 11.8 Å². The second-order valence-corrected chi connectivity index (χ2v) is 17.0. The van der Waals surface area contributed by atoms with Crippen molar-refractivity contribution >= 4 is 53.8 Å². The Morgan fingerprint density at radius 3 is 1.44 bits per heavy atom.